The topological polar surface area (TPSA) is 29.5 Å². The lowest BCUT2D eigenvalue weighted by atomic mass is 10.1. The van der Waals surface area contributed by atoms with Gasteiger partial charge in [0, 0.05) is 22.9 Å². The molecule has 2 aromatic carbocycles. The van der Waals surface area contributed by atoms with E-state index in [1.165, 1.54) is 0 Å². The molecule has 22 heavy (non-hydrogen) atoms. The van der Waals surface area contributed by atoms with E-state index in [0.717, 1.165) is 21.9 Å². The van der Waals surface area contributed by atoms with E-state index in [4.69, 9.17) is 8.39 Å². The van der Waals surface area contributed by atoms with Crippen molar-refractivity contribution in [2.45, 2.75) is 39.8 Å². The Kier molecular flexibility index (Phi) is 4.28. The summed E-state index contributed by atoms with van der Waals surface area (Å²) in [7, 11) is -1.18. The smallest absolute Gasteiger partial charge is 0.310 e. The van der Waals surface area contributed by atoms with Crippen molar-refractivity contribution in [3.63, 3.8) is 0 Å². The van der Waals surface area contributed by atoms with E-state index in [2.05, 4.69) is 44.5 Å². The van der Waals surface area contributed by atoms with Crippen molar-refractivity contribution < 1.29 is 8.39 Å². The molecule has 3 aromatic rings. The van der Waals surface area contributed by atoms with E-state index in [9.17, 15) is 0 Å². The largest absolute Gasteiger partial charge is 0.408 e. The third kappa shape index (κ3) is 2.79. The van der Waals surface area contributed by atoms with Gasteiger partial charge in [-0.25, -0.2) is 0 Å². The summed E-state index contributed by atoms with van der Waals surface area (Å²) in [5.41, 5.74) is 1.79. The Morgan fingerprint density at radius 3 is 1.55 bits per heavy atom. The lowest BCUT2D eigenvalue weighted by molar-refractivity contribution is 0.570. The first-order valence-electron chi connectivity index (χ1n) is 7.70. The highest BCUT2D eigenvalue weighted by molar-refractivity contribution is 7.39. The van der Waals surface area contributed by atoms with Gasteiger partial charge in [0.2, 0.25) is 0 Å². The van der Waals surface area contributed by atoms with Crippen LogP contribution < -0.4 is 4.67 Å². The molecule has 1 heterocycles. The molecule has 0 aliphatic carbocycles. The molecule has 0 saturated heterocycles. The lowest BCUT2D eigenvalue weighted by Crippen LogP contribution is -2.34. The minimum absolute atomic E-state index is 0.350. The van der Waals surface area contributed by atoms with E-state index < -0.39 is 8.16 Å². The Labute approximate surface area is 132 Å². The Morgan fingerprint density at radius 2 is 1.14 bits per heavy atom. The van der Waals surface area contributed by atoms with Gasteiger partial charge in [0.1, 0.15) is 11.2 Å². The molecular formula is C18H22NO2P. The molecule has 0 fully saturated rings. The lowest BCUT2D eigenvalue weighted by Gasteiger charge is -2.26. The Bertz CT molecular complexity index is 757. The Morgan fingerprint density at radius 1 is 0.727 bits per heavy atom. The fourth-order valence-corrected chi connectivity index (χ4v) is 4.43. The maximum Gasteiger partial charge on any atom is 0.310 e. The molecule has 1 aromatic heterocycles. The van der Waals surface area contributed by atoms with Crippen molar-refractivity contribution in [3.05, 3.63) is 48.5 Å². The summed E-state index contributed by atoms with van der Waals surface area (Å²) >= 11 is 0. The van der Waals surface area contributed by atoms with Gasteiger partial charge in [-0.2, -0.15) is 4.67 Å². The van der Waals surface area contributed by atoms with Crippen LogP contribution in [-0.2, 0) is 0 Å². The average Bonchev–Trinajstić information content (AvgIpc) is 2.63. The number of hydrogen-bond acceptors (Lipinski definition) is 3. The van der Waals surface area contributed by atoms with Gasteiger partial charge >= 0.3 is 8.16 Å². The normalized spacial score (nSPS) is 12.0. The molecule has 0 amide bonds. The standard InChI is InChI=1S/C18H22NO2P/c1-13(2)19(14(3)4)22-20-17-11-7-5-9-15(17)16-10-6-8-12-18(16)21-22/h5-14H,1-4H3. The predicted octanol–water partition coefficient (Wildman–Crippen LogP) is 6.04. The van der Waals surface area contributed by atoms with Gasteiger partial charge in [-0.1, -0.05) is 36.4 Å². The number of benzene rings is 2. The van der Waals surface area contributed by atoms with Gasteiger partial charge in [0.15, 0.2) is 0 Å². The van der Waals surface area contributed by atoms with Crippen LogP contribution in [0.25, 0.3) is 21.9 Å². The zero-order valence-corrected chi connectivity index (χ0v) is 14.4. The summed E-state index contributed by atoms with van der Waals surface area (Å²) in [5.74, 6) is 0. The summed E-state index contributed by atoms with van der Waals surface area (Å²) in [6.45, 7) is 8.71. The minimum atomic E-state index is -1.18. The molecule has 4 heteroatoms. The first kappa shape index (κ1) is 15.2. The van der Waals surface area contributed by atoms with Crippen molar-refractivity contribution in [1.82, 2.24) is 0 Å². The van der Waals surface area contributed by atoms with Crippen LogP contribution in [0.2, 0.25) is 0 Å². The van der Waals surface area contributed by atoms with Gasteiger partial charge in [-0.3, -0.25) is 0 Å². The van der Waals surface area contributed by atoms with Crippen molar-refractivity contribution >= 4 is 30.1 Å². The van der Waals surface area contributed by atoms with Crippen LogP contribution in [0.3, 0.4) is 0 Å². The number of rotatable bonds is 3. The molecule has 0 saturated carbocycles. The quantitative estimate of drug-likeness (QED) is 0.589. The fourth-order valence-electron chi connectivity index (χ4n) is 2.79. The van der Waals surface area contributed by atoms with Gasteiger partial charge in [-0.15, -0.1) is 0 Å². The zero-order chi connectivity index (χ0) is 15.7. The molecule has 3 rings (SSSR count). The number of fused-ring (bicyclic) bond motifs is 3. The molecule has 0 bridgehead atoms. The molecule has 0 aliphatic rings. The highest BCUT2D eigenvalue weighted by atomic mass is 31.1. The highest BCUT2D eigenvalue weighted by Crippen LogP contribution is 2.38. The molecule has 0 radical (unpaired) electrons. The van der Waals surface area contributed by atoms with Crippen LogP contribution in [-0.4, -0.2) is 12.1 Å². The maximum atomic E-state index is 6.29. The summed E-state index contributed by atoms with van der Waals surface area (Å²) < 4.78 is 14.9. The second-order valence-electron chi connectivity index (χ2n) is 5.98. The molecule has 0 N–H and O–H groups in total. The van der Waals surface area contributed by atoms with Crippen LogP contribution in [0.1, 0.15) is 27.7 Å². The van der Waals surface area contributed by atoms with Gasteiger partial charge in [0.25, 0.3) is 0 Å². The van der Waals surface area contributed by atoms with Crippen molar-refractivity contribution in [3.8, 4) is 0 Å². The second kappa shape index (κ2) is 6.20. The summed E-state index contributed by atoms with van der Waals surface area (Å²) in [6, 6.07) is 17.0. The molecular weight excluding hydrogens is 293 g/mol. The Hall–Kier alpha value is -1.70. The highest BCUT2D eigenvalue weighted by Gasteiger charge is 2.21. The van der Waals surface area contributed by atoms with E-state index in [-0.39, 0.29) is 0 Å². The van der Waals surface area contributed by atoms with Crippen molar-refractivity contribution in [2.24, 2.45) is 0 Å². The minimum Gasteiger partial charge on any atom is -0.408 e. The van der Waals surface area contributed by atoms with Crippen molar-refractivity contribution in [2.75, 3.05) is 4.67 Å². The van der Waals surface area contributed by atoms with Gasteiger partial charge < -0.3 is 8.39 Å². The van der Waals surface area contributed by atoms with E-state index in [1.54, 1.807) is 0 Å². The van der Waals surface area contributed by atoms with Gasteiger partial charge in [-0.05, 0) is 39.8 Å². The van der Waals surface area contributed by atoms with E-state index >= 15 is 0 Å². The second-order valence-corrected chi connectivity index (χ2v) is 7.28. The van der Waals surface area contributed by atoms with E-state index in [1.807, 2.05) is 36.4 Å². The summed E-state index contributed by atoms with van der Waals surface area (Å²) in [6.07, 6.45) is 0. The molecule has 0 atom stereocenters. The third-order valence-electron chi connectivity index (χ3n) is 3.66. The first-order valence-corrected chi connectivity index (χ1v) is 8.83. The summed E-state index contributed by atoms with van der Waals surface area (Å²) in [4.78, 5) is 0. The zero-order valence-electron chi connectivity index (χ0n) is 13.5. The SMILES string of the molecule is CC(C)N(C(C)C)p1oc2ccccc2c2ccccc2o1. The monoisotopic (exact) mass is 315 g/mol. The predicted molar refractivity (Wildman–Crippen MR) is 94.8 cm³/mol. The van der Waals surface area contributed by atoms with Crippen LogP contribution in [0.4, 0.5) is 0 Å². The van der Waals surface area contributed by atoms with Crippen molar-refractivity contribution in [1.29, 1.82) is 0 Å². The van der Waals surface area contributed by atoms with Gasteiger partial charge in [0.05, 0.1) is 0 Å². The number of nitrogens with zero attached hydrogens (tertiary/aromatic N) is 1. The van der Waals surface area contributed by atoms with Crippen LogP contribution in [0, 0.1) is 0 Å². The summed E-state index contributed by atoms with van der Waals surface area (Å²) in [5, 5.41) is 2.19. The van der Waals surface area contributed by atoms with Crippen LogP contribution >= 0.6 is 8.16 Å². The maximum absolute atomic E-state index is 6.29. The molecule has 3 nitrogen and oxygen atoms in total. The molecule has 116 valence electrons. The molecule has 0 spiro atoms. The number of para-hydroxylation sites is 2. The third-order valence-corrected chi connectivity index (χ3v) is 5.67. The average molecular weight is 315 g/mol. The number of hydrogen-bond donors (Lipinski definition) is 0. The molecule has 0 aliphatic heterocycles. The van der Waals surface area contributed by atoms with Crippen LogP contribution in [0.15, 0.2) is 56.9 Å². The van der Waals surface area contributed by atoms with E-state index in [0.29, 0.717) is 12.1 Å². The Balaban J connectivity index is 2.40. The van der Waals surface area contributed by atoms with Crippen LogP contribution in [0.5, 0.6) is 0 Å². The molecule has 0 unspecified atom stereocenters. The first-order chi connectivity index (χ1) is 10.6. The fraction of sp³-hybridized carbons (Fsp3) is 0.333.